The third-order valence-electron chi connectivity index (χ3n) is 3.51. The zero-order chi connectivity index (χ0) is 12.3. The van der Waals surface area contributed by atoms with Gasteiger partial charge in [-0.05, 0) is 25.0 Å². The topological polar surface area (TPSA) is 42.2 Å². The molecule has 1 aliphatic rings. The molecule has 1 heterocycles. The Balaban J connectivity index is 2.23. The van der Waals surface area contributed by atoms with E-state index in [9.17, 15) is 0 Å². The van der Waals surface area contributed by atoms with Crippen molar-refractivity contribution in [1.29, 1.82) is 0 Å². The Hall–Kier alpha value is -1.16. The van der Waals surface area contributed by atoms with Crippen LogP contribution in [-0.4, -0.2) is 23.1 Å². The molecule has 0 atom stereocenters. The van der Waals surface area contributed by atoms with Gasteiger partial charge in [0.25, 0.3) is 0 Å². The van der Waals surface area contributed by atoms with Gasteiger partial charge >= 0.3 is 0 Å². The number of aromatic nitrogens is 1. The highest BCUT2D eigenvalue weighted by molar-refractivity contribution is 7.80. The van der Waals surface area contributed by atoms with Gasteiger partial charge in [0, 0.05) is 19.3 Å². The van der Waals surface area contributed by atoms with Gasteiger partial charge in [0.2, 0.25) is 0 Å². The molecule has 0 bridgehead atoms. The quantitative estimate of drug-likeness (QED) is 0.836. The fourth-order valence-electron chi connectivity index (χ4n) is 2.51. The highest BCUT2D eigenvalue weighted by atomic mass is 32.1. The van der Waals surface area contributed by atoms with Crippen LogP contribution in [0.15, 0.2) is 18.3 Å². The molecule has 0 aliphatic heterocycles. The lowest BCUT2D eigenvalue weighted by Crippen LogP contribution is -2.35. The molecule has 1 aliphatic carbocycles. The summed E-state index contributed by atoms with van der Waals surface area (Å²) >= 11 is 5.08. The minimum atomic E-state index is 0.427. The summed E-state index contributed by atoms with van der Waals surface area (Å²) in [6.07, 6.45) is 8.26. The minimum Gasteiger partial charge on any atom is -0.389 e. The summed E-state index contributed by atoms with van der Waals surface area (Å²) in [4.78, 5) is 7.10. The van der Waals surface area contributed by atoms with Crippen LogP contribution >= 0.6 is 12.2 Å². The first kappa shape index (κ1) is 12.3. The molecule has 4 heteroatoms. The summed E-state index contributed by atoms with van der Waals surface area (Å²) < 4.78 is 0. The Morgan fingerprint density at radius 1 is 1.41 bits per heavy atom. The second-order valence-corrected chi connectivity index (χ2v) is 5.08. The lowest BCUT2D eigenvalue weighted by Gasteiger charge is -2.33. The maximum absolute atomic E-state index is 5.75. The molecule has 0 spiro atoms. The zero-order valence-electron chi connectivity index (χ0n) is 10.2. The molecule has 0 aromatic carbocycles. The van der Waals surface area contributed by atoms with E-state index in [1.165, 1.54) is 32.1 Å². The fourth-order valence-corrected chi connectivity index (χ4v) is 2.67. The second-order valence-electron chi connectivity index (χ2n) is 4.64. The second kappa shape index (κ2) is 5.45. The molecule has 3 nitrogen and oxygen atoms in total. The van der Waals surface area contributed by atoms with Crippen molar-refractivity contribution in [2.75, 3.05) is 11.9 Å². The van der Waals surface area contributed by atoms with Crippen molar-refractivity contribution in [2.45, 2.75) is 38.1 Å². The molecule has 1 saturated carbocycles. The Morgan fingerprint density at radius 3 is 2.76 bits per heavy atom. The number of nitrogens with zero attached hydrogens (tertiary/aromatic N) is 2. The molecule has 1 aromatic heterocycles. The monoisotopic (exact) mass is 249 g/mol. The third kappa shape index (κ3) is 2.75. The van der Waals surface area contributed by atoms with Crippen LogP contribution in [0.3, 0.4) is 0 Å². The van der Waals surface area contributed by atoms with Crippen molar-refractivity contribution in [1.82, 2.24) is 4.98 Å². The van der Waals surface area contributed by atoms with E-state index in [-0.39, 0.29) is 0 Å². The van der Waals surface area contributed by atoms with Gasteiger partial charge < -0.3 is 10.6 Å². The summed E-state index contributed by atoms with van der Waals surface area (Å²) in [5, 5.41) is 0. The number of pyridine rings is 1. The van der Waals surface area contributed by atoms with Crippen LogP contribution in [0.5, 0.6) is 0 Å². The largest absolute Gasteiger partial charge is 0.389 e. The molecule has 2 N–H and O–H groups in total. The summed E-state index contributed by atoms with van der Waals surface area (Å²) in [5.41, 5.74) is 6.63. The fraction of sp³-hybridized carbons (Fsp3) is 0.538. The standard InChI is InChI=1S/C13H19N3S/c1-16(10-6-3-2-4-7-10)13-11(12(14)17)8-5-9-15-13/h5,8-10H,2-4,6-7H2,1H3,(H2,14,17). The lowest BCUT2D eigenvalue weighted by molar-refractivity contribution is 0.426. The van der Waals surface area contributed by atoms with Crippen molar-refractivity contribution in [3.8, 4) is 0 Å². The molecular formula is C13H19N3S. The molecule has 17 heavy (non-hydrogen) atoms. The van der Waals surface area contributed by atoms with Gasteiger partial charge in [0.1, 0.15) is 10.8 Å². The summed E-state index contributed by atoms with van der Waals surface area (Å²) in [6, 6.07) is 4.41. The zero-order valence-corrected chi connectivity index (χ0v) is 11.0. The van der Waals surface area contributed by atoms with Gasteiger partial charge in [-0.3, -0.25) is 0 Å². The van der Waals surface area contributed by atoms with E-state index < -0.39 is 0 Å². The molecule has 0 unspecified atom stereocenters. The van der Waals surface area contributed by atoms with Crippen molar-refractivity contribution in [3.63, 3.8) is 0 Å². The number of rotatable bonds is 3. The summed E-state index contributed by atoms with van der Waals surface area (Å²) in [7, 11) is 2.10. The highest BCUT2D eigenvalue weighted by Crippen LogP contribution is 2.26. The number of thiocarbonyl (C=S) groups is 1. The van der Waals surface area contributed by atoms with E-state index in [0.29, 0.717) is 11.0 Å². The Kier molecular flexibility index (Phi) is 3.94. The predicted octanol–water partition coefficient (Wildman–Crippen LogP) is 2.48. The van der Waals surface area contributed by atoms with E-state index in [1.54, 1.807) is 6.20 Å². The number of nitrogens with two attached hydrogens (primary N) is 1. The molecule has 2 rings (SSSR count). The Bertz CT molecular complexity index is 399. The van der Waals surface area contributed by atoms with Crippen LogP contribution in [0, 0.1) is 0 Å². The molecule has 0 radical (unpaired) electrons. The summed E-state index contributed by atoms with van der Waals surface area (Å²) in [5.74, 6) is 0.923. The lowest BCUT2D eigenvalue weighted by atomic mass is 9.94. The maximum Gasteiger partial charge on any atom is 0.138 e. The molecule has 0 amide bonds. The Labute approximate surface area is 108 Å². The van der Waals surface area contributed by atoms with Crippen LogP contribution in [0.1, 0.15) is 37.7 Å². The van der Waals surface area contributed by atoms with Gasteiger partial charge in [-0.25, -0.2) is 4.98 Å². The third-order valence-corrected chi connectivity index (χ3v) is 3.73. The molecule has 1 fully saturated rings. The van der Waals surface area contributed by atoms with E-state index in [1.807, 2.05) is 12.1 Å². The average Bonchev–Trinajstić information content (AvgIpc) is 2.39. The van der Waals surface area contributed by atoms with E-state index in [4.69, 9.17) is 18.0 Å². The van der Waals surface area contributed by atoms with Crippen LogP contribution in [-0.2, 0) is 0 Å². The maximum atomic E-state index is 5.75. The first-order valence-electron chi connectivity index (χ1n) is 6.18. The smallest absolute Gasteiger partial charge is 0.138 e. The first-order valence-corrected chi connectivity index (χ1v) is 6.58. The van der Waals surface area contributed by atoms with Gasteiger partial charge in [-0.1, -0.05) is 31.5 Å². The Morgan fingerprint density at radius 2 is 2.12 bits per heavy atom. The van der Waals surface area contributed by atoms with Gasteiger partial charge in [0.05, 0.1) is 5.56 Å². The van der Waals surface area contributed by atoms with Crippen molar-refractivity contribution in [3.05, 3.63) is 23.9 Å². The van der Waals surface area contributed by atoms with Crippen LogP contribution in [0.2, 0.25) is 0 Å². The molecule has 0 saturated heterocycles. The molecule has 1 aromatic rings. The van der Waals surface area contributed by atoms with Crippen molar-refractivity contribution >= 4 is 23.0 Å². The van der Waals surface area contributed by atoms with Gasteiger partial charge in [-0.15, -0.1) is 0 Å². The van der Waals surface area contributed by atoms with Crippen LogP contribution in [0.4, 0.5) is 5.82 Å². The van der Waals surface area contributed by atoms with E-state index in [2.05, 4.69) is 16.9 Å². The first-order chi connectivity index (χ1) is 8.20. The number of hydrogen-bond donors (Lipinski definition) is 1. The van der Waals surface area contributed by atoms with Gasteiger partial charge in [-0.2, -0.15) is 0 Å². The van der Waals surface area contributed by atoms with E-state index >= 15 is 0 Å². The van der Waals surface area contributed by atoms with Crippen LogP contribution < -0.4 is 10.6 Å². The van der Waals surface area contributed by atoms with E-state index in [0.717, 1.165) is 11.4 Å². The number of anilines is 1. The average molecular weight is 249 g/mol. The highest BCUT2D eigenvalue weighted by Gasteiger charge is 2.21. The van der Waals surface area contributed by atoms with Crippen molar-refractivity contribution < 1.29 is 0 Å². The molecule has 92 valence electrons. The van der Waals surface area contributed by atoms with Crippen LogP contribution in [0.25, 0.3) is 0 Å². The molecular weight excluding hydrogens is 230 g/mol. The predicted molar refractivity (Wildman–Crippen MR) is 75.4 cm³/mol. The van der Waals surface area contributed by atoms with Crippen molar-refractivity contribution in [2.24, 2.45) is 5.73 Å². The SMILES string of the molecule is CN(c1ncccc1C(N)=S)C1CCCCC1. The van der Waals surface area contributed by atoms with Gasteiger partial charge in [0.15, 0.2) is 0 Å². The normalized spacial score (nSPS) is 16.8. The summed E-state index contributed by atoms with van der Waals surface area (Å²) in [6.45, 7) is 0. The minimum absolute atomic E-state index is 0.427. The number of hydrogen-bond acceptors (Lipinski definition) is 3.